The standard InChI is InChI=1S/C14H14N2/c1-11-12(2)16(10-14(11)8-15)9-13-6-4-3-5-7-13/h3-7,10H,9H2,1-2H3. The van der Waals surface area contributed by atoms with E-state index in [2.05, 4.69) is 29.7 Å². The van der Waals surface area contributed by atoms with Crippen LogP contribution in [0, 0.1) is 25.2 Å². The van der Waals surface area contributed by atoms with E-state index in [1.807, 2.05) is 31.3 Å². The lowest BCUT2D eigenvalue weighted by Gasteiger charge is -2.06. The molecule has 1 heterocycles. The molecule has 0 spiro atoms. The lowest BCUT2D eigenvalue weighted by molar-refractivity contribution is 0.773. The van der Waals surface area contributed by atoms with Crippen LogP contribution in [0.4, 0.5) is 0 Å². The molecule has 1 aromatic heterocycles. The second kappa shape index (κ2) is 4.24. The van der Waals surface area contributed by atoms with Crippen molar-refractivity contribution >= 4 is 0 Å². The van der Waals surface area contributed by atoms with Crippen molar-refractivity contribution < 1.29 is 0 Å². The van der Waals surface area contributed by atoms with Crippen molar-refractivity contribution in [3.8, 4) is 6.07 Å². The highest BCUT2D eigenvalue weighted by Crippen LogP contribution is 2.16. The smallest absolute Gasteiger partial charge is 0.101 e. The molecule has 0 aliphatic rings. The van der Waals surface area contributed by atoms with Gasteiger partial charge in [0.25, 0.3) is 0 Å². The molecule has 0 N–H and O–H groups in total. The number of hydrogen-bond acceptors (Lipinski definition) is 1. The largest absolute Gasteiger partial charge is 0.346 e. The molecule has 2 aromatic rings. The van der Waals surface area contributed by atoms with E-state index in [-0.39, 0.29) is 0 Å². The maximum Gasteiger partial charge on any atom is 0.101 e. The molecule has 2 nitrogen and oxygen atoms in total. The fourth-order valence-corrected chi connectivity index (χ4v) is 1.82. The van der Waals surface area contributed by atoms with E-state index >= 15 is 0 Å². The van der Waals surface area contributed by atoms with E-state index in [0.717, 1.165) is 17.7 Å². The van der Waals surface area contributed by atoms with Crippen molar-refractivity contribution in [3.05, 3.63) is 58.9 Å². The van der Waals surface area contributed by atoms with Crippen LogP contribution >= 0.6 is 0 Å². The van der Waals surface area contributed by atoms with Crippen molar-refractivity contribution in [2.45, 2.75) is 20.4 Å². The van der Waals surface area contributed by atoms with Crippen molar-refractivity contribution in [1.82, 2.24) is 4.57 Å². The predicted molar refractivity (Wildman–Crippen MR) is 64.2 cm³/mol. The maximum absolute atomic E-state index is 8.96. The summed E-state index contributed by atoms with van der Waals surface area (Å²) in [6, 6.07) is 12.5. The van der Waals surface area contributed by atoms with Gasteiger partial charge in [-0.3, -0.25) is 0 Å². The van der Waals surface area contributed by atoms with Gasteiger partial charge in [-0.1, -0.05) is 30.3 Å². The molecule has 0 unspecified atom stereocenters. The van der Waals surface area contributed by atoms with Gasteiger partial charge in [0, 0.05) is 18.4 Å². The second-order valence-corrected chi connectivity index (χ2v) is 3.98. The quantitative estimate of drug-likeness (QED) is 0.749. The van der Waals surface area contributed by atoms with Gasteiger partial charge in [-0.15, -0.1) is 0 Å². The van der Waals surface area contributed by atoms with Crippen LogP contribution in [0.3, 0.4) is 0 Å². The second-order valence-electron chi connectivity index (χ2n) is 3.98. The van der Waals surface area contributed by atoms with Crippen LogP contribution in [-0.4, -0.2) is 4.57 Å². The van der Waals surface area contributed by atoms with Gasteiger partial charge in [-0.2, -0.15) is 5.26 Å². The van der Waals surface area contributed by atoms with Crippen LogP contribution in [0.15, 0.2) is 36.5 Å². The Morgan fingerprint density at radius 3 is 2.44 bits per heavy atom. The predicted octanol–water partition coefficient (Wildman–Crippen LogP) is 3.02. The number of benzene rings is 1. The highest BCUT2D eigenvalue weighted by molar-refractivity contribution is 5.40. The van der Waals surface area contributed by atoms with Gasteiger partial charge in [0.2, 0.25) is 0 Å². The van der Waals surface area contributed by atoms with Gasteiger partial charge >= 0.3 is 0 Å². The Labute approximate surface area is 95.8 Å². The lowest BCUT2D eigenvalue weighted by Crippen LogP contribution is -2.00. The summed E-state index contributed by atoms with van der Waals surface area (Å²) < 4.78 is 2.13. The third kappa shape index (κ3) is 1.85. The summed E-state index contributed by atoms with van der Waals surface area (Å²) in [5, 5.41) is 8.96. The summed E-state index contributed by atoms with van der Waals surface area (Å²) in [4.78, 5) is 0. The molecule has 0 radical (unpaired) electrons. The maximum atomic E-state index is 8.96. The highest BCUT2D eigenvalue weighted by Gasteiger charge is 2.07. The summed E-state index contributed by atoms with van der Waals surface area (Å²) >= 11 is 0. The monoisotopic (exact) mass is 210 g/mol. The Morgan fingerprint density at radius 1 is 1.19 bits per heavy atom. The number of nitriles is 1. The SMILES string of the molecule is Cc1c(C#N)cn(Cc2ccccc2)c1C. The molecule has 0 aliphatic carbocycles. The van der Waals surface area contributed by atoms with Crippen molar-refractivity contribution in [1.29, 1.82) is 5.26 Å². The van der Waals surface area contributed by atoms with Crippen LogP contribution in [0.5, 0.6) is 0 Å². The molecule has 80 valence electrons. The summed E-state index contributed by atoms with van der Waals surface area (Å²) in [7, 11) is 0. The minimum absolute atomic E-state index is 0.772. The Hall–Kier alpha value is -2.01. The van der Waals surface area contributed by atoms with E-state index in [9.17, 15) is 0 Å². The number of nitrogens with zero attached hydrogens (tertiary/aromatic N) is 2. The molecular formula is C14H14N2. The third-order valence-corrected chi connectivity index (χ3v) is 2.98. The molecule has 2 heteroatoms. The summed E-state index contributed by atoms with van der Waals surface area (Å²) in [5.41, 5.74) is 4.28. The number of rotatable bonds is 2. The summed E-state index contributed by atoms with van der Waals surface area (Å²) in [5.74, 6) is 0. The Bertz CT molecular complexity index is 530. The van der Waals surface area contributed by atoms with E-state index in [1.165, 1.54) is 11.3 Å². The molecule has 0 amide bonds. The molecule has 0 saturated carbocycles. The van der Waals surface area contributed by atoms with Gasteiger partial charge in [0.05, 0.1) is 5.56 Å². The van der Waals surface area contributed by atoms with E-state index in [0.29, 0.717) is 0 Å². The van der Waals surface area contributed by atoms with Gasteiger partial charge in [-0.05, 0) is 25.0 Å². The van der Waals surface area contributed by atoms with E-state index in [4.69, 9.17) is 5.26 Å². The molecule has 0 atom stereocenters. The first-order valence-corrected chi connectivity index (χ1v) is 5.32. The number of aromatic nitrogens is 1. The van der Waals surface area contributed by atoms with Gasteiger partial charge in [0.1, 0.15) is 6.07 Å². The normalized spacial score (nSPS) is 10.1. The fourth-order valence-electron chi connectivity index (χ4n) is 1.82. The molecule has 0 aliphatic heterocycles. The third-order valence-electron chi connectivity index (χ3n) is 2.98. The minimum atomic E-state index is 0.772. The molecular weight excluding hydrogens is 196 g/mol. The lowest BCUT2D eigenvalue weighted by atomic mass is 10.2. The van der Waals surface area contributed by atoms with Crippen LogP contribution in [0.25, 0.3) is 0 Å². The first kappa shape index (κ1) is 10.5. The average Bonchev–Trinajstić information content (AvgIpc) is 2.58. The zero-order chi connectivity index (χ0) is 11.5. The molecule has 1 aromatic carbocycles. The summed E-state index contributed by atoms with van der Waals surface area (Å²) in [6.07, 6.45) is 1.93. The molecule has 2 rings (SSSR count). The zero-order valence-corrected chi connectivity index (χ0v) is 9.57. The minimum Gasteiger partial charge on any atom is -0.346 e. The van der Waals surface area contributed by atoms with E-state index in [1.54, 1.807) is 0 Å². The van der Waals surface area contributed by atoms with Gasteiger partial charge in [0.15, 0.2) is 0 Å². The zero-order valence-electron chi connectivity index (χ0n) is 9.57. The Morgan fingerprint density at radius 2 is 1.88 bits per heavy atom. The van der Waals surface area contributed by atoms with Gasteiger partial charge < -0.3 is 4.57 Å². The van der Waals surface area contributed by atoms with Crippen LogP contribution in [-0.2, 0) is 6.54 Å². The van der Waals surface area contributed by atoms with Crippen molar-refractivity contribution in [3.63, 3.8) is 0 Å². The highest BCUT2D eigenvalue weighted by atomic mass is 15.0. The van der Waals surface area contributed by atoms with Crippen LogP contribution in [0.2, 0.25) is 0 Å². The Kier molecular flexibility index (Phi) is 2.78. The molecule has 0 bridgehead atoms. The molecule has 16 heavy (non-hydrogen) atoms. The molecule has 0 fully saturated rings. The van der Waals surface area contributed by atoms with E-state index < -0.39 is 0 Å². The number of hydrogen-bond donors (Lipinski definition) is 0. The van der Waals surface area contributed by atoms with Crippen LogP contribution < -0.4 is 0 Å². The van der Waals surface area contributed by atoms with Crippen LogP contribution in [0.1, 0.15) is 22.4 Å². The fraction of sp³-hybridized carbons (Fsp3) is 0.214. The first-order chi connectivity index (χ1) is 7.72. The van der Waals surface area contributed by atoms with Crippen molar-refractivity contribution in [2.24, 2.45) is 0 Å². The first-order valence-electron chi connectivity index (χ1n) is 5.32. The average molecular weight is 210 g/mol. The summed E-state index contributed by atoms with van der Waals surface area (Å²) in [6.45, 7) is 4.88. The topological polar surface area (TPSA) is 28.7 Å². The Balaban J connectivity index is 2.33. The van der Waals surface area contributed by atoms with Gasteiger partial charge in [-0.25, -0.2) is 0 Å². The van der Waals surface area contributed by atoms with Crippen molar-refractivity contribution in [2.75, 3.05) is 0 Å². The molecule has 0 saturated heterocycles.